The third-order valence-corrected chi connectivity index (χ3v) is 3.15. The molecule has 4 nitrogen and oxygen atoms in total. The van der Waals surface area contributed by atoms with E-state index in [1.54, 1.807) is 36.5 Å². The van der Waals surface area contributed by atoms with E-state index < -0.39 is 11.9 Å². The monoisotopic (exact) mass is 269 g/mol. The fourth-order valence-corrected chi connectivity index (χ4v) is 2.13. The summed E-state index contributed by atoms with van der Waals surface area (Å²) in [6.45, 7) is 1.84. The van der Waals surface area contributed by atoms with Crippen LogP contribution in [-0.4, -0.2) is 21.8 Å². The molecule has 1 aromatic heterocycles. The Morgan fingerprint density at radius 1 is 1.15 bits per heavy atom. The Labute approximate surface area is 117 Å². The molecule has 0 radical (unpaired) electrons. The molecule has 2 aromatic rings. The third-order valence-electron chi connectivity index (χ3n) is 3.15. The van der Waals surface area contributed by atoms with Crippen LogP contribution < -0.4 is 0 Å². The van der Waals surface area contributed by atoms with Gasteiger partial charge in [-0.2, -0.15) is 0 Å². The predicted octanol–water partition coefficient (Wildman–Crippen LogP) is 2.83. The fourth-order valence-electron chi connectivity index (χ4n) is 2.13. The number of rotatable bonds is 5. The van der Waals surface area contributed by atoms with Crippen LogP contribution in [0.25, 0.3) is 0 Å². The van der Waals surface area contributed by atoms with Crippen LogP contribution >= 0.6 is 0 Å². The summed E-state index contributed by atoms with van der Waals surface area (Å²) in [7, 11) is 0. The summed E-state index contributed by atoms with van der Waals surface area (Å²) in [5.74, 6) is -1.97. The number of carboxylic acids is 1. The van der Waals surface area contributed by atoms with Gasteiger partial charge in [-0.25, -0.2) is 0 Å². The number of pyridine rings is 1. The normalized spacial score (nSPS) is 11.8. The number of aliphatic carboxylic acids is 1. The zero-order valence-electron chi connectivity index (χ0n) is 11.1. The van der Waals surface area contributed by atoms with Gasteiger partial charge in [0.1, 0.15) is 0 Å². The predicted molar refractivity (Wildman–Crippen MR) is 74.7 cm³/mol. The second-order valence-electron chi connectivity index (χ2n) is 4.58. The number of carboxylic acid groups (broad SMARTS) is 1. The van der Waals surface area contributed by atoms with Crippen LogP contribution in [0.5, 0.6) is 0 Å². The molecule has 0 aliphatic carbocycles. The molecule has 1 heterocycles. The van der Waals surface area contributed by atoms with Crippen molar-refractivity contribution in [2.45, 2.75) is 19.3 Å². The average Bonchev–Trinajstić information content (AvgIpc) is 2.45. The number of ketones is 1. The molecule has 1 atom stereocenters. The van der Waals surface area contributed by atoms with Gasteiger partial charge >= 0.3 is 5.97 Å². The number of carbonyl (C=O) groups excluding carboxylic acids is 1. The van der Waals surface area contributed by atoms with E-state index >= 15 is 0 Å². The van der Waals surface area contributed by atoms with Gasteiger partial charge in [0.15, 0.2) is 5.78 Å². The molecule has 0 amide bonds. The highest BCUT2D eigenvalue weighted by Gasteiger charge is 2.26. The minimum Gasteiger partial charge on any atom is -0.481 e. The Kier molecular flexibility index (Phi) is 4.25. The quantitative estimate of drug-likeness (QED) is 0.847. The minimum absolute atomic E-state index is 0.204. The van der Waals surface area contributed by atoms with Crippen molar-refractivity contribution in [2.75, 3.05) is 0 Å². The lowest BCUT2D eigenvalue weighted by atomic mass is 9.89. The van der Waals surface area contributed by atoms with E-state index in [0.29, 0.717) is 11.3 Å². The van der Waals surface area contributed by atoms with Crippen LogP contribution in [0.3, 0.4) is 0 Å². The first-order valence-electron chi connectivity index (χ1n) is 6.32. The Morgan fingerprint density at radius 2 is 1.85 bits per heavy atom. The molecule has 0 saturated carbocycles. The first kappa shape index (κ1) is 13.9. The molecular formula is C16H15NO3. The molecule has 2 rings (SSSR count). The highest BCUT2D eigenvalue weighted by atomic mass is 16.4. The van der Waals surface area contributed by atoms with Crippen molar-refractivity contribution in [1.29, 1.82) is 0 Å². The van der Waals surface area contributed by atoms with E-state index in [0.717, 1.165) is 5.56 Å². The van der Waals surface area contributed by atoms with Crippen LogP contribution in [0.2, 0.25) is 0 Å². The van der Waals surface area contributed by atoms with Crippen LogP contribution in [0.1, 0.15) is 34.0 Å². The van der Waals surface area contributed by atoms with Gasteiger partial charge in [0.2, 0.25) is 0 Å². The largest absolute Gasteiger partial charge is 0.481 e. The summed E-state index contributed by atoms with van der Waals surface area (Å²) in [5.41, 5.74) is 1.87. The van der Waals surface area contributed by atoms with Crippen molar-refractivity contribution in [3.05, 3.63) is 65.5 Å². The van der Waals surface area contributed by atoms with Crippen molar-refractivity contribution >= 4 is 11.8 Å². The molecule has 20 heavy (non-hydrogen) atoms. The van der Waals surface area contributed by atoms with Gasteiger partial charge in [-0.15, -0.1) is 0 Å². The fraction of sp³-hybridized carbons (Fsp3) is 0.188. The Bertz CT molecular complexity index is 623. The summed E-state index contributed by atoms with van der Waals surface area (Å²) in [4.78, 5) is 27.7. The maximum atomic E-state index is 12.6. The summed E-state index contributed by atoms with van der Waals surface area (Å²) in [5, 5.41) is 9.03. The molecule has 0 fully saturated rings. The topological polar surface area (TPSA) is 67.3 Å². The van der Waals surface area contributed by atoms with Gasteiger partial charge in [0, 0.05) is 11.8 Å². The van der Waals surface area contributed by atoms with Gasteiger partial charge in [-0.05, 0) is 24.6 Å². The Balaban J connectivity index is 2.40. The standard InChI is InChI=1S/C16H15NO3/c1-11-6-2-3-7-12(11)16(20)13(10-15(18)19)14-8-4-5-9-17-14/h2-9,13H,10H2,1H3,(H,18,19). The summed E-state index contributed by atoms with van der Waals surface area (Å²) < 4.78 is 0. The first-order valence-corrected chi connectivity index (χ1v) is 6.32. The van der Waals surface area contributed by atoms with Gasteiger partial charge in [-0.1, -0.05) is 30.3 Å². The molecule has 102 valence electrons. The molecule has 0 bridgehead atoms. The molecule has 0 aliphatic heterocycles. The zero-order chi connectivity index (χ0) is 14.5. The zero-order valence-corrected chi connectivity index (χ0v) is 11.1. The second-order valence-corrected chi connectivity index (χ2v) is 4.58. The number of hydrogen-bond acceptors (Lipinski definition) is 3. The molecule has 0 spiro atoms. The van der Waals surface area contributed by atoms with Gasteiger partial charge < -0.3 is 5.11 Å². The van der Waals surface area contributed by atoms with E-state index in [2.05, 4.69) is 4.98 Å². The van der Waals surface area contributed by atoms with E-state index in [4.69, 9.17) is 5.11 Å². The van der Waals surface area contributed by atoms with Crippen molar-refractivity contribution in [3.8, 4) is 0 Å². The molecule has 0 saturated heterocycles. The number of hydrogen-bond donors (Lipinski definition) is 1. The Hall–Kier alpha value is -2.49. The smallest absolute Gasteiger partial charge is 0.304 e. The molecule has 4 heteroatoms. The number of aryl methyl sites for hydroxylation is 1. The van der Waals surface area contributed by atoms with E-state index in [-0.39, 0.29) is 12.2 Å². The minimum atomic E-state index is -1.01. The summed E-state index contributed by atoms with van der Waals surface area (Å²) >= 11 is 0. The van der Waals surface area contributed by atoms with Crippen molar-refractivity contribution in [3.63, 3.8) is 0 Å². The number of benzene rings is 1. The molecule has 1 N–H and O–H groups in total. The molecular weight excluding hydrogens is 254 g/mol. The van der Waals surface area contributed by atoms with Crippen LogP contribution in [0.15, 0.2) is 48.7 Å². The first-order chi connectivity index (χ1) is 9.59. The van der Waals surface area contributed by atoms with Gasteiger partial charge in [0.05, 0.1) is 18.0 Å². The lowest BCUT2D eigenvalue weighted by molar-refractivity contribution is -0.137. The van der Waals surface area contributed by atoms with E-state index in [9.17, 15) is 9.59 Å². The third kappa shape index (κ3) is 3.09. The number of Topliss-reactive ketones (excluding diaryl/α,β-unsaturated/α-hetero) is 1. The molecule has 1 unspecified atom stereocenters. The van der Waals surface area contributed by atoms with E-state index in [1.165, 1.54) is 0 Å². The van der Waals surface area contributed by atoms with Gasteiger partial charge in [-0.3, -0.25) is 14.6 Å². The van der Waals surface area contributed by atoms with Crippen molar-refractivity contribution in [2.24, 2.45) is 0 Å². The highest BCUT2D eigenvalue weighted by molar-refractivity contribution is 6.03. The van der Waals surface area contributed by atoms with Crippen LogP contribution in [0.4, 0.5) is 0 Å². The summed E-state index contributed by atoms with van der Waals surface area (Å²) in [6, 6.07) is 12.3. The average molecular weight is 269 g/mol. The number of aromatic nitrogens is 1. The highest BCUT2D eigenvalue weighted by Crippen LogP contribution is 2.24. The maximum Gasteiger partial charge on any atom is 0.304 e. The van der Waals surface area contributed by atoms with Crippen LogP contribution in [0, 0.1) is 6.92 Å². The molecule has 1 aromatic carbocycles. The lowest BCUT2D eigenvalue weighted by Crippen LogP contribution is -2.18. The maximum absolute atomic E-state index is 12.6. The Morgan fingerprint density at radius 3 is 2.45 bits per heavy atom. The second kappa shape index (κ2) is 6.10. The van der Waals surface area contributed by atoms with Crippen molar-refractivity contribution in [1.82, 2.24) is 4.98 Å². The SMILES string of the molecule is Cc1ccccc1C(=O)C(CC(=O)O)c1ccccn1. The lowest BCUT2D eigenvalue weighted by Gasteiger charge is -2.14. The summed E-state index contributed by atoms with van der Waals surface area (Å²) in [6.07, 6.45) is 1.31. The van der Waals surface area contributed by atoms with Crippen molar-refractivity contribution < 1.29 is 14.7 Å². The van der Waals surface area contributed by atoms with E-state index in [1.807, 2.05) is 19.1 Å². The van der Waals surface area contributed by atoms with Gasteiger partial charge in [0.25, 0.3) is 0 Å². The van der Waals surface area contributed by atoms with Crippen LogP contribution in [-0.2, 0) is 4.79 Å². The molecule has 0 aliphatic rings. The number of carbonyl (C=O) groups is 2. The number of nitrogens with zero attached hydrogens (tertiary/aromatic N) is 1.